The average Bonchev–Trinajstić information content (AvgIpc) is 2.71. The van der Waals surface area contributed by atoms with Crippen molar-refractivity contribution in [2.75, 3.05) is 17.2 Å². The van der Waals surface area contributed by atoms with Crippen LogP contribution in [0.15, 0.2) is 6.20 Å². The zero-order chi connectivity index (χ0) is 9.26. The summed E-state index contributed by atoms with van der Waals surface area (Å²) in [5.41, 5.74) is 6.85. The van der Waals surface area contributed by atoms with Crippen LogP contribution in [0.3, 0.4) is 0 Å². The van der Waals surface area contributed by atoms with Crippen molar-refractivity contribution in [3.05, 3.63) is 6.20 Å². The van der Waals surface area contributed by atoms with Gasteiger partial charge < -0.3 is 10.6 Å². The van der Waals surface area contributed by atoms with E-state index in [1.807, 2.05) is 6.20 Å². The number of hydrogen-bond donors (Lipinski definition) is 2. The number of aromatic nitrogens is 2. The Kier molecular flexibility index (Phi) is 2.12. The lowest BCUT2D eigenvalue weighted by Gasteiger charge is -2.24. The highest BCUT2D eigenvalue weighted by atomic mass is 15.3. The van der Waals surface area contributed by atoms with Gasteiger partial charge in [-0.3, -0.25) is 5.10 Å². The Morgan fingerprint density at radius 1 is 1.77 bits per heavy atom. The molecule has 2 heterocycles. The predicted molar refractivity (Wildman–Crippen MR) is 53.7 cm³/mol. The van der Waals surface area contributed by atoms with Crippen molar-refractivity contribution in [3.8, 4) is 0 Å². The molecule has 1 aromatic heterocycles. The van der Waals surface area contributed by atoms with Crippen molar-refractivity contribution in [2.45, 2.75) is 32.2 Å². The van der Waals surface area contributed by atoms with E-state index in [4.69, 9.17) is 5.73 Å². The standard InChI is InChI=1S/C9H16N4/c1-2-7-4-3-5-13(7)8-6-11-12-9(8)10/h6-7H,2-5H2,1H3,(H3,10,11,12). The van der Waals surface area contributed by atoms with Crippen LogP contribution in [0.1, 0.15) is 26.2 Å². The number of rotatable bonds is 2. The molecule has 4 nitrogen and oxygen atoms in total. The fraction of sp³-hybridized carbons (Fsp3) is 0.667. The first kappa shape index (κ1) is 8.41. The van der Waals surface area contributed by atoms with Crippen molar-refractivity contribution >= 4 is 11.5 Å². The maximum atomic E-state index is 5.78. The molecule has 1 fully saturated rings. The molecular formula is C9H16N4. The molecular weight excluding hydrogens is 164 g/mol. The molecule has 1 saturated heterocycles. The lowest BCUT2D eigenvalue weighted by atomic mass is 10.2. The third-order valence-electron chi connectivity index (χ3n) is 2.81. The number of H-pyrrole nitrogens is 1. The molecule has 2 rings (SSSR count). The SMILES string of the molecule is CCC1CCCN1c1cn[nH]c1N. The predicted octanol–water partition coefficient (Wildman–Crippen LogP) is 1.37. The Bertz CT molecular complexity index is 281. The third kappa shape index (κ3) is 1.36. The maximum absolute atomic E-state index is 5.78. The second-order valence-electron chi connectivity index (χ2n) is 3.57. The van der Waals surface area contributed by atoms with Crippen LogP contribution >= 0.6 is 0 Å². The fourth-order valence-corrected chi connectivity index (χ4v) is 2.10. The topological polar surface area (TPSA) is 57.9 Å². The minimum Gasteiger partial charge on any atom is -0.382 e. The Balaban J connectivity index is 2.20. The molecule has 1 unspecified atom stereocenters. The highest BCUT2D eigenvalue weighted by Crippen LogP contribution is 2.29. The first-order chi connectivity index (χ1) is 6.33. The number of nitrogens with zero attached hydrogens (tertiary/aromatic N) is 2. The van der Waals surface area contributed by atoms with E-state index in [1.165, 1.54) is 19.3 Å². The monoisotopic (exact) mass is 180 g/mol. The summed E-state index contributed by atoms with van der Waals surface area (Å²) in [5.74, 6) is 0.695. The normalized spacial score (nSPS) is 22.5. The largest absolute Gasteiger partial charge is 0.382 e. The summed E-state index contributed by atoms with van der Waals surface area (Å²) in [5, 5.41) is 6.72. The Labute approximate surface area is 78.1 Å². The highest BCUT2D eigenvalue weighted by Gasteiger charge is 2.25. The molecule has 0 spiro atoms. The van der Waals surface area contributed by atoms with E-state index in [0.29, 0.717) is 11.9 Å². The van der Waals surface area contributed by atoms with E-state index in [0.717, 1.165) is 12.2 Å². The van der Waals surface area contributed by atoms with Crippen molar-refractivity contribution in [1.29, 1.82) is 0 Å². The van der Waals surface area contributed by atoms with E-state index in [1.54, 1.807) is 0 Å². The van der Waals surface area contributed by atoms with Gasteiger partial charge in [-0.1, -0.05) is 6.92 Å². The molecule has 1 aliphatic heterocycles. The third-order valence-corrected chi connectivity index (χ3v) is 2.81. The summed E-state index contributed by atoms with van der Waals surface area (Å²) in [6, 6.07) is 0.653. The van der Waals surface area contributed by atoms with Crippen molar-refractivity contribution < 1.29 is 0 Å². The molecule has 0 saturated carbocycles. The molecule has 4 heteroatoms. The van der Waals surface area contributed by atoms with Crippen LogP contribution < -0.4 is 10.6 Å². The van der Waals surface area contributed by atoms with E-state index in [9.17, 15) is 0 Å². The van der Waals surface area contributed by atoms with Gasteiger partial charge in [0.2, 0.25) is 0 Å². The van der Waals surface area contributed by atoms with Gasteiger partial charge in [0.05, 0.1) is 11.9 Å². The van der Waals surface area contributed by atoms with E-state index >= 15 is 0 Å². The Morgan fingerprint density at radius 2 is 2.62 bits per heavy atom. The molecule has 0 bridgehead atoms. The maximum Gasteiger partial charge on any atom is 0.142 e. The van der Waals surface area contributed by atoms with Crippen LogP contribution in [0.2, 0.25) is 0 Å². The molecule has 3 N–H and O–H groups in total. The van der Waals surface area contributed by atoms with Crippen LogP contribution in [-0.4, -0.2) is 22.8 Å². The average molecular weight is 180 g/mol. The van der Waals surface area contributed by atoms with Gasteiger partial charge in [0.25, 0.3) is 0 Å². The highest BCUT2D eigenvalue weighted by molar-refractivity contribution is 5.63. The molecule has 0 radical (unpaired) electrons. The molecule has 1 aromatic rings. The minimum absolute atomic E-state index is 0.653. The summed E-state index contributed by atoms with van der Waals surface area (Å²) >= 11 is 0. The van der Waals surface area contributed by atoms with Gasteiger partial charge >= 0.3 is 0 Å². The van der Waals surface area contributed by atoms with Crippen molar-refractivity contribution in [3.63, 3.8) is 0 Å². The van der Waals surface area contributed by atoms with Crippen LogP contribution in [0.5, 0.6) is 0 Å². The molecule has 0 aromatic carbocycles. The molecule has 13 heavy (non-hydrogen) atoms. The minimum atomic E-state index is 0.653. The zero-order valence-corrected chi connectivity index (χ0v) is 7.95. The van der Waals surface area contributed by atoms with Gasteiger partial charge in [-0.15, -0.1) is 0 Å². The van der Waals surface area contributed by atoms with Crippen LogP contribution in [-0.2, 0) is 0 Å². The van der Waals surface area contributed by atoms with E-state index in [-0.39, 0.29) is 0 Å². The summed E-state index contributed by atoms with van der Waals surface area (Å²) in [7, 11) is 0. The van der Waals surface area contributed by atoms with Gasteiger partial charge in [-0.25, -0.2) is 0 Å². The van der Waals surface area contributed by atoms with Crippen molar-refractivity contribution in [1.82, 2.24) is 10.2 Å². The van der Waals surface area contributed by atoms with Crippen LogP contribution in [0.25, 0.3) is 0 Å². The smallest absolute Gasteiger partial charge is 0.142 e. The number of nitrogen functional groups attached to an aromatic ring is 1. The quantitative estimate of drug-likeness (QED) is 0.722. The number of anilines is 2. The molecule has 1 atom stereocenters. The van der Waals surface area contributed by atoms with Crippen molar-refractivity contribution in [2.24, 2.45) is 0 Å². The first-order valence-electron chi connectivity index (χ1n) is 4.88. The van der Waals surface area contributed by atoms with Crippen LogP contribution in [0, 0.1) is 0 Å². The van der Waals surface area contributed by atoms with Gasteiger partial charge in [0.1, 0.15) is 5.82 Å². The number of aromatic amines is 1. The van der Waals surface area contributed by atoms with E-state index < -0.39 is 0 Å². The summed E-state index contributed by atoms with van der Waals surface area (Å²) in [6.07, 6.45) is 5.55. The van der Waals surface area contributed by atoms with Gasteiger partial charge in [0, 0.05) is 12.6 Å². The fourth-order valence-electron chi connectivity index (χ4n) is 2.10. The number of hydrogen-bond acceptors (Lipinski definition) is 3. The summed E-state index contributed by atoms with van der Waals surface area (Å²) < 4.78 is 0. The lowest BCUT2D eigenvalue weighted by Crippen LogP contribution is -2.28. The second-order valence-corrected chi connectivity index (χ2v) is 3.57. The molecule has 0 aliphatic carbocycles. The Morgan fingerprint density at radius 3 is 3.23 bits per heavy atom. The number of nitrogens with one attached hydrogen (secondary N) is 1. The Hall–Kier alpha value is -1.19. The van der Waals surface area contributed by atoms with Crippen LogP contribution in [0.4, 0.5) is 11.5 Å². The first-order valence-corrected chi connectivity index (χ1v) is 4.88. The van der Waals surface area contributed by atoms with Gasteiger partial charge in [-0.05, 0) is 19.3 Å². The lowest BCUT2D eigenvalue weighted by molar-refractivity contribution is 0.646. The molecule has 72 valence electrons. The molecule has 1 aliphatic rings. The van der Waals surface area contributed by atoms with Gasteiger partial charge in [0.15, 0.2) is 0 Å². The van der Waals surface area contributed by atoms with Gasteiger partial charge in [-0.2, -0.15) is 5.10 Å². The summed E-state index contributed by atoms with van der Waals surface area (Å²) in [6.45, 7) is 3.33. The zero-order valence-electron chi connectivity index (χ0n) is 7.95. The second kappa shape index (κ2) is 3.28. The van der Waals surface area contributed by atoms with E-state index in [2.05, 4.69) is 22.0 Å². The number of nitrogens with two attached hydrogens (primary N) is 1. The summed E-state index contributed by atoms with van der Waals surface area (Å²) in [4.78, 5) is 2.36. The molecule has 0 amide bonds.